The molecule has 106 valence electrons. The van der Waals surface area contributed by atoms with E-state index in [0.29, 0.717) is 6.04 Å². The molecule has 0 unspecified atom stereocenters. The molecule has 0 spiro atoms. The van der Waals surface area contributed by atoms with Gasteiger partial charge in [0.2, 0.25) is 0 Å². The molecule has 1 heterocycles. The van der Waals surface area contributed by atoms with Crippen molar-refractivity contribution in [3.05, 3.63) is 33.8 Å². The lowest BCUT2D eigenvalue weighted by molar-refractivity contribution is 0.0857. The Balaban J connectivity index is 2.36. The Morgan fingerprint density at radius 2 is 1.84 bits per heavy atom. The number of benzene rings is 1. The molecule has 1 aliphatic rings. The van der Waals surface area contributed by atoms with Gasteiger partial charge in [0.1, 0.15) is 0 Å². The van der Waals surface area contributed by atoms with E-state index in [4.69, 9.17) is 0 Å². The fraction of sp³-hybridized carbons (Fsp3) is 0.625. The normalized spacial score (nSPS) is 19.4. The molecule has 0 bridgehead atoms. The van der Waals surface area contributed by atoms with Crippen LogP contribution in [0.5, 0.6) is 0 Å². The summed E-state index contributed by atoms with van der Waals surface area (Å²) in [5.41, 5.74) is 2.96. The summed E-state index contributed by atoms with van der Waals surface area (Å²) in [7, 11) is 0. The van der Waals surface area contributed by atoms with Crippen molar-refractivity contribution < 1.29 is 0 Å². The molecular weight excluding hydrogens is 300 g/mol. The molecule has 1 atom stereocenters. The second-order valence-electron chi connectivity index (χ2n) is 6.58. The lowest BCUT2D eigenvalue weighted by atomic mass is 9.80. The number of hydrogen-bond acceptors (Lipinski definition) is 2. The molecule has 1 aliphatic heterocycles. The average molecular weight is 325 g/mol. The van der Waals surface area contributed by atoms with Gasteiger partial charge in [-0.25, -0.2) is 0 Å². The number of piperazine rings is 1. The molecular formula is C16H25BrN2. The van der Waals surface area contributed by atoms with Crippen molar-refractivity contribution in [1.29, 1.82) is 0 Å². The van der Waals surface area contributed by atoms with E-state index in [-0.39, 0.29) is 5.41 Å². The maximum Gasteiger partial charge on any atom is 0.0408 e. The summed E-state index contributed by atoms with van der Waals surface area (Å²) >= 11 is 3.76. The summed E-state index contributed by atoms with van der Waals surface area (Å²) in [5, 5.41) is 3.44. The standard InChI is InChI=1S/C16H25BrN2/c1-12-5-6-13(14(17)11-12)15(16(2,3)4)19-9-7-18-8-10-19/h5-6,11,15,18H,7-10H2,1-4H3/t15-/m0/s1. The number of halogens is 1. The van der Waals surface area contributed by atoms with Gasteiger partial charge in [0, 0.05) is 36.7 Å². The molecule has 1 fully saturated rings. The number of nitrogens with zero attached hydrogens (tertiary/aromatic N) is 1. The predicted octanol–water partition coefficient (Wildman–Crippen LogP) is 3.75. The van der Waals surface area contributed by atoms with Gasteiger partial charge in [0.15, 0.2) is 0 Å². The third-order valence-corrected chi connectivity index (χ3v) is 4.47. The number of hydrogen-bond donors (Lipinski definition) is 1. The van der Waals surface area contributed by atoms with Crippen LogP contribution in [0.2, 0.25) is 0 Å². The molecule has 0 aliphatic carbocycles. The van der Waals surface area contributed by atoms with Crippen molar-refractivity contribution >= 4 is 15.9 Å². The van der Waals surface area contributed by atoms with Crippen LogP contribution in [-0.4, -0.2) is 31.1 Å². The van der Waals surface area contributed by atoms with E-state index in [2.05, 4.69) is 72.0 Å². The van der Waals surface area contributed by atoms with Crippen molar-refractivity contribution in [1.82, 2.24) is 10.2 Å². The summed E-state index contributed by atoms with van der Waals surface area (Å²) in [4.78, 5) is 2.62. The van der Waals surface area contributed by atoms with Gasteiger partial charge < -0.3 is 5.32 Å². The van der Waals surface area contributed by atoms with Crippen LogP contribution >= 0.6 is 15.9 Å². The van der Waals surface area contributed by atoms with E-state index >= 15 is 0 Å². The summed E-state index contributed by atoms with van der Waals surface area (Å²) in [6, 6.07) is 7.21. The highest BCUT2D eigenvalue weighted by Gasteiger charge is 2.33. The lowest BCUT2D eigenvalue weighted by Gasteiger charge is -2.43. The Kier molecular flexibility index (Phi) is 4.70. The van der Waals surface area contributed by atoms with Crippen molar-refractivity contribution in [2.45, 2.75) is 33.7 Å². The SMILES string of the molecule is Cc1ccc([C@H](N2CCNCC2)C(C)(C)C)c(Br)c1. The molecule has 1 saturated heterocycles. The molecule has 0 aromatic heterocycles. The first kappa shape index (κ1) is 15.0. The van der Waals surface area contributed by atoms with Crippen LogP contribution in [-0.2, 0) is 0 Å². The van der Waals surface area contributed by atoms with Gasteiger partial charge >= 0.3 is 0 Å². The highest BCUT2D eigenvalue weighted by atomic mass is 79.9. The first-order valence-electron chi connectivity index (χ1n) is 7.10. The van der Waals surface area contributed by atoms with Crippen molar-refractivity contribution in [2.24, 2.45) is 5.41 Å². The first-order chi connectivity index (χ1) is 8.89. The van der Waals surface area contributed by atoms with E-state index < -0.39 is 0 Å². The third kappa shape index (κ3) is 3.59. The largest absolute Gasteiger partial charge is 0.314 e. The molecule has 0 saturated carbocycles. The highest BCUT2D eigenvalue weighted by Crippen LogP contribution is 2.41. The van der Waals surface area contributed by atoms with Crippen molar-refractivity contribution in [2.75, 3.05) is 26.2 Å². The molecule has 0 radical (unpaired) electrons. The molecule has 0 amide bonds. The summed E-state index contributed by atoms with van der Waals surface area (Å²) < 4.78 is 1.24. The Bertz CT molecular complexity index is 431. The number of rotatable bonds is 2. The van der Waals surface area contributed by atoms with Gasteiger partial charge in [-0.05, 0) is 29.5 Å². The quantitative estimate of drug-likeness (QED) is 0.891. The minimum Gasteiger partial charge on any atom is -0.314 e. The van der Waals surface area contributed by atoms with Gasteiger partial charge in [-0.3, -0.25) is 4.90 Å². The Hall–Kier alpha value is -0.380. The Morgan fingerprint density at radius 1 is 1.21 bits per heavy atom. The van der Waals surface area contributed by atoms with E-state index in [9.17, 15) is 0 Å². The smallest absolute Gasteiger partial charge is 0.0408 e. The van der Waals surface area contributed by atoms with Gasteiger partial charge in [0.25, 0.3) is 0 Å². The first-order valence-corrected chi connectivity index (χ1v) is 7.90. The van der Waals surface area contributed by atoms with Crippen LogP contribution in [0, 0.1) is 12.3 Å². The third-order valence-electron chi connectivity index (χ3n) is 3.79. The molecule has 1 aromatic carbocycles. The van der Waals surface area contributed by atoms with Gasteiger partial charge in [-0.1, -0.05) is 48.8 Å². The number of nitrogens with one attached hydrogen (secondary N) is 1. The van der Waals surface area contributed by atoms with E-state index in [1.807, 2.05) is 0 Å². The summed E-state index contributed by atoms with van der Waals surface area (Å²) in [6.45, 7) is 13.6. The van der Waals surface area contributed by atoms with Crippen LogP contribution in [0.15, 0.2) is 22.7 Å². The Labute approximate surface area is 125 Å². The topological polar surface area (TPSA) is 15.3 Å². The van der Waals surface area contributed by atoms with Crippen LogP contribution in [0.4, 0.5) is 0 Å². The zero-order valence-corrected chi connectivity index (χ0v) is 14.0. The van der Waals surface area contributed by atoms with Gasteiger partial charge in [-0.2, -0.15) is 0 Å². The molecule has 2 nitrogen and oxygen atoms in total. The fourth-order valence-electron chi connectivity index (χ4n) is 3.01. The molecule has 3 heteroatoms. The van der Waals surface area contributed by atoms with Gasteiger partial charge in [0.05, 0.1) is 0 Å². The van der Waals surface area contributed by atoms with Crippen LogP contribution in [0.25, 0.3) is 0 Å². The summed E-state index contributed by atoms with van der Waals surface area (Å²) in [6.07, 6.45) is 0. The van der Waals surface area contributed by atoms with E-state index in [0.717, 1.165) is 26.2 Å². The maximum absolute atomic E-state index is 3.76. The number of aryl methyl sites for hydroxylation is 1. The molecule has 1 aromatic rings. The highest BCUT2D eigenvalue weighted by molar-refractivity contribution is 9.10. The minimum absolute atomic E-state index is 0.231. The Morgan fingerprint density at radius 3 is 2.37 bits per heavy atom. The van der Waals surface area contributed by atoms with Gasteiger partial charge in [-0.15, -0.1) is 0 Å². The van der Waals surface area contributed by atoms with Crippen LogP contribution in [0.1, 0.15) is 37.9 Å². The minimum atomic E-state index is 0.231. The monoisotopic (exact) mass is 324 g/mol. The van der Waals surface area contributed by atoms with Crippen LogP contribution < -0.4 is 5.32 Å². The van der Waals surface area contributed by atoms with E-state index in [1.165, 1.54) is 15.6 Å². The zero-order chi connectivity index (χ0) is 14.0. The average Bonchev–Trinajstić information content (AvgIpc) is 2.32. The van der Waals surface area contributed by atoms with E-state index in [1.54, 1.807) is 0 Å². The lowest BCUT2D eigenvalue weighted by Crippen LogP contribution is -2.48. The predicted molar refractivity (Wildman–Crippen MR) is 85.5 cm³/mol. The van der Waals surface area contributed by atoms with Crippen molar-refractivity contribution in [3.63, 3.8) is 0 Å². The summed E-state index contributed by atoms with van der Waals surface area (Å²) in [5.74, 6) is 0. The molecule has 2 rings (SSSR count). The maximum atomic E-state index is 3.76. The second-order valence-corrected chi connectivity index (χ2v) is 7.43. The fourth-order valence-corrected chi connectivity index (χ4v) is 3.72. The van der Waals surface area contributed by atoms with Crippen LogP contribution in [0.3, 0.4) is 0 Å². The molecule has 19 heavy (non-hydrogen) atoms. The zero-order valence-electron chi connectivity index (χ0n) is 12.5. The second kappa shape index (κ2) is 5.94. The van der Waals surface area contributed by atoms with Crippen molar-refractivity contribution in [3.8, 4) is 0 Å². The molecule has 1 N–H and O–H groups in total.